The average Bonchev–Trinajstić information content (AvgIpc) is 2.90. The maximum absolute atomic E-state index is 12.5. The molecule has 0 fully saturated rings. The van der Waals surface area contributed by atoms with Gasteiger partial charge in [0, 0.05) is 24.9 Å². The van der Waals surface area contributed by atoms with Crippen LogP contribution in [0.3, 0.4) is 0 Å². The summed E-state index contributed by atoms with van der Waals surface area (Å²) in [5.41, 5.74) is 1.06. The zero-order valence-electron chi connectivity index (χ0n) is 12.4. The van der Waals surface area contributed by atoms with E-state index < -0.39 is 6.10 Å². The predicted molar refractivity (Wildman–Crippen MR) is 80.6 cm³/mol. The van der Waals surface area contributed by atoms with E-state index in [9.17, 15) is 9.90 Å². The standard InChI is InChI=1S/C16H21N3O2/c1-4-12(5-2)14(20)13-9-11(3)10-19(13)16(21)15-17-7-6-8-18-15/h4,6-9,12-14,20H,1,5,10H2,2-3H3/t12-,13-,14-/m1/s1. The van der Waals surface area contributed by atoms with E-state index in [0.29, 0.717) is 6.54 Å². The van der Waals surface area contributed by atoms with Crippen molar-refractivity contribution in [2.45, 2.75) is 32.4 Å². The highest BCUT2D eigenvalue weighted by atomic mass is 16.3. The summed E-state index contributed by atoms with van der Waals surface area (Å²) in [5, 5.41) is 10.5. The Bertz CT molecular complexity index is 542. The Balaban J connectivity index is 2.23. The molecule has 0 aliphatic carbocycles. The van der Waals surface area contributed by atoms with Gasteiger partial charge in [-0.25, -0.2) is 9.97 Å². The third-order valence-electron chi connectivity index (χ3n) is 3.82. The Morgan fingerprint density at radius 2 is 2.24 bits per heavy atom. The number of carbonyl (C=O) groups excluding carboxylic acids is 1. The summed E-state index contributed by atoms with van der Waals surface area (Å²) in [7, 11) is 0. The molecule has 0 radical (unpaired) electrons. The third kappa shape index (κ3) is 3.19. The first-order valence-corrected chi connectivity index (χ1v) is 7.14. The van der Waals surface area contributed by atoms with Gasteiger partial charge in [0.15, 0.2) is 0 Å². The summed E-state index contributed by atoms with van der Waals surface area (Å²) in [6.45, 7) is 8.20. The first-order chi connectivity index (χ1) is 10.1. The molecule has 1 aromatic rings. The van der Waals surface area contributed by atoms with Crippen molar-refractivity contribution >= 4 is 5.91 Å². The molecular formula is C16H21N3O2. The van der Waals surface area contributed by atoms with Gasteiger partial charge >= 0.3 is 0 Å². The van der Waals surface area contributed by atoms with Crippen LogP contribution in [0.1, 0.15) is 30.9 Å². The number of amides is 1. The van der Waals surface area contributed by atoms with Gasteiger partial charge in [-0.05, 0) is 19.4 Å². The number of hydrogen-bond acceptors (Lipinski definition) is 4. The number of carbonyl (C=O) groups is 1. The molecule has 3 atom stereocenters. The summed E-state index contributed by atoms with van der Waals surface area (Å²) in [5.74, 6) is -0.153. The molecule has 0 unspecified atom stereocenters. The highest BCUT2D eigenvalue weighted by Crippen LogP contribution is 2.25. The molecule has 5 heteroatoms. The molecule has 1 amide bonds. The molecule has 21 heavy (non-hydrogen) atoms. The van der Waals surface area contributed by atoms with Crippen LogP contribution in [0, 0.1) is 5.92 Å². The number of aromatic nitrogens is 2. The number of rotatable bonds is 5. The van der Waals surface area contributed by atoms with Gasteiger partial charge in [-0.3, -0.25) is 4.79 Å². The van der Waals surface area contributed by atoms with Crippen molar-refractivity contribution in [2.24, 2.45) is 5.92 Å². The molecule has 0 aromatic carbocycles. The van der Waals surface area contributed by atoms with Gasteiger partial charge in [0.25, 0.3) is 5.91 Å². The second kappa shape index (κ2) is 6.63. The van der Waals surface area contributed by atoms with Crippen molar-refractivity contribution in [1.82, 2.24) is 14.9 Å². The Morgan fingerprint density at radius 1 is 1.57 bits per heavy atom. The smallest absolute Gasteiger partial charge is 0.292 e. The van der Waals surface area contributed by atoms with Crippen LogP contribution in [-0.2, 0) is 0 Å². The summed E-state index contributed by atoms with van der Waals surface area (Å²) in [4.78, 5) is 22.2. The minimum atomic E-state index is -0.669. The van der Waals surface area contributed by atoms with Crippen molar-refractivity contribution in [1.29, 1.82) is 0 Å². The number of nitrogens with zero attached hydrogens (tertiary/aromatic N) is 3. The molecular weight excluding hydrogens is 266 g/mol. The van der Waals surface area contributed by atoms with E-state index >= 15 is 0 Å². The van der Waals surface area contributed by atoms with Gasteiger partial charge in [0.05, 0.1) is 12.1 Å². The van der Waals surface area contributed by atoms with Crippen LogP contribution in [0.5, 0.6) is 0 Å². The van der Waals surface area contributed by atoms with Crippen LogP contribution in [-0.4, -0.2) is 44.6 Å². The summed E-state index contributed by atoms with van der Waals surface area (Å²) in [6, 6.07) is 1.31. The van der Waals surface area contributed by atoms with E-state index in [2.05, 4.69) is 16.5 Å². The van der Waals surface area contributed by atoms with E-state index in [-0.39, 0.29) is 23.7 Å². The van der Waals surface area contributed by atoms with Crippen LogP contribution in [0.15, 0.2) is 42.8 Å². The molecule has 112 valence electrons. The number of aliphatic hydroxyl groups excluding tert-OH is 1. The first-order valence-electron chi connectivity index (χ1n) is 7.14. The molecule has 0 spiro atoms. The van der Waals surface area contributed by atoms with Gasteiger partial charge in [0.1, 0.15) is 0 Å². The maximum atomic E-state index is 12.5. The minimum absolute atomic E-state index is 0.0517. The summed E-state index contributed by atoms with van der Waals surface area (Å²) < 4.78 is 0. The van der Waals surface area contributed by atoms with Gasteiger partial charge < -0.3 is 10.0 Å². The zero-order chi connectivity index (χ0) is 15.4. The van der Waals surface area contributed by atoms with E-state index in [1.165, 1.54) is 0 Å². The number of hydrogen-bond donors (Lipinski definition) is 1. The van der Waals surface area contributed by atoms with Gasteiger partial charge in [-0.1, -0.05) is 24.6 Å². The lowest BCUT2D eigenvalue weighted by atomic mass is 9.93. The third-order valence-corrected chi connectivity index (χ3v) is 3.82. The van der Waals surface area contributed by atoms with Crippen LogP contribution < -0.4 is 0 Å². The lowest BCUT2D eigenvalue weighted by Crippen LogP contribution is -2.46. The van der Waals surface area contributed by atoms with Crippen molar-refractivity contribution in [3.63, 3.8) is 0 Å². The molecule has 2 heterocycles. The minimum Gasteiger partial charge on any atom is -0.390 e. The van der Waals surface area contributed by atoms with E-state index in [0.717, 1.165) is 12.0 Å². The Kier molecular flexibility index (Phi) is 4.85. The molecule has 1 aliphatic heterocycles. The Hall–Kier alpha value is -2.01. The second-order valence-corrected chi connectivity index (χ2v) is 5.31. The van der Waals surface area contributed by atoms with Crippen molar-refractivity contribution < 1.29 is 9.90 Å². The van der Waals surface area contributed by atoms with Crippen molar-refractivity contribution in [3.8, 4) is 0 Å². The largest absolute Gasteiger partial charge is 0.390 e. The quantitative estimate of drug-likeness (QED) is 0.839. The molecule has 5 nitrogen and oxygen atoms in total. The molecule has 2 rings (SSSR count). The van der Waals surface area contributed by atoms with E-state index in [1.54, 1.807) is 29.4 Å². The fourth-order valence-corrected chi connectivity index (χ4v) is 2.64. The lowest BCUT2D eigenvalue weighted by Gasteiger charge is -2.31. The van der Waals surface area contributed by atoms with Crippen molar-refractivity contribution in [3.05, 3.63) is 48.6 Å². The van der Waals surface area contributed by atoms with Crippen LogP contribution in [0.2, 0.25) is 0 Å². The number of aliphatic hydroxyl groups is 1. The normalized spacial score (nSPS) is 20.8. The maximum Gasteiger partial charge on any atom is 0.292 e. The molecule has 1 N–H and O–H groups in total. The fraction of sp³-hybridized carbons (Fsp3) is 0.438. The first kappa shape index (κ1) is 15.4. The van der Waals surface area contributed by atoms with E-state index in [1.807, 2.05) is 19.9 Å². The average molecular weight is 287 g/mol. The summed E-state index contributed by atoms with van der Waals surface area (Å²) in [6.07, 6.45) is 6.88. The molecule has 1 aromatic heterocycles. The van der Waals surface area contributed by atoms with Crippen LogP contribution in [0.25, 0.3) is 0 Å². The molecule has 0 saturated heterocycles. The SMILES string of the molecule is C=C[C@H](CC)[C@@H](O)[C@H]1C=C(C)CN1C(=O)c1ncccn1. The van der Waals surface area contributed by atoms with Crippen LogP contribution >= 0.6 is 0 Å². The molecule has 0 bridgehead atoms. The highest BCUT2D eigenvalue weighted by molar-refractivity contribution is 5.91. The van der Waals surface area contributed by atoms with Gasteiger partial charge in [-0.15, -0.1) is 6.58 Å². The highest BCUT2D eigenvalue weighted by Gasteiger charge is 2.36. The molecule has 0 saturated carbocycles. The Morgan fingerprint density at radius 3 is 2.81 bits per heavy atom. The predicted octanol–water partition coefficient (Wildman–Crippen LogP) is 1.82. The van der Waals surface area contributed by atoms with Crippen molar-refractivity contribution in [2.75, 3.05) is 6.54 Å². The fourth-order valence-electron chi connectivity index (χ4n) is 2.64. The zero-order valence-corrected chi connectivity index (χ0v) is 12.4. The molecule has 1 aliphatic rings. The van der Waals surface area contributed by atoms with E-state index in [4.69, 9.17) is 0 Å². The van der Waals surface area contributed by atoms with Crippen LogP contribution in [0.4, 0.5) is 0 Å². The second-order valence-electron chi connectivity index (χ2n) is 5.31. The topological polar surface area (TPSA) is 66.3 Å². The summed E-state index contributed by atoms with van der Waals surface area (Å²) >= 11 is 0. The Labute approximate surface area is 125 Å². The monoisotopic (exact) mass is 287 g/mol. The lowest BCUT2D eigenvalue weighted by molar-refractivity contribution is 0.0404. The van der Waals surface area contributed by atoms with Gasteiger partial charge in [-0.2, -0.15) is 0 Å². The van der Waals surface area contributed by atoms with Gasteiger partial charge in [0.2, 0.25) is 5.82 Å².